The Morgan fingerprint density at radius 1 is 1.14 bits per heavy atom. The van der Waals surface area contributed by atoms with Crippen LogP contribution in [0.25, 0.3) is 0 Å². The van der Waals surface area contributed by atoms with Crippen LogP contribution in [0.3, 0.4) is 0 Å². The van der Waals surface area contributed by atoms with Gasteiger partial charge in [0.2, 0.25) is 0 Å². The summed E-state index contributed by atoms with van der Waals surface area (Å²) in [6.07, 6.45) is -1.37. The highest BCUT2D eigenvalue weighted by atomic mass is 19.4. The molecule has 1 aliphatic heterocycles. The molecule has 1 aromatic carbocycles. The molecular formula is C14H19F4N3. The molecule has 0 aromatic heterocycles. The number of nitrogens with zero attached hydrogens (tertiary/aromatic N) is 1. The normalized spacial score (nSPS) is 18.7. The third-order valence-electron chi connectivity index (χ3n) is 3.58. The summed E-state index contributed by atoms with van der Waals surface area (Å²) in [4.78, 5) is 0. The fraction of sp³-hybridized carbons (Fsp3) is 0.571. The second-order valence-electron chi connectivity index (χ2n) is 5.24. The predicted molar refractivity (Wildman–Crippen MR) is 71.8 cm³/mol. The van der Waals surface area contributed by atoms with Crippen molar-refractivity contribution in [1.82, 2.24) is 10.4 Å². The van der Waals surface area contributed by atoms with Gasteiger partial charge in [-0.2, -0.15) is 13.2 Å². The molecule has 0 saturated carbocycles. The average Bonchev–Trinajstić information content (AvgIpc) is 2.44. The van der Waals surface area contributed by atoms with Gasteiger partial charge in [0, 0.05) is 19.6 Å². The van der Waals surface area contributed by atoms with Gasteiger partial charge < -0.3 is 5.73 Å². The monoisotopic (exact) mass is 305 g/mol. The number of hydrogen-bond donors (Lipinski definition) is 2. The van der Waals surface area contributed by atoms with Crippen molar-refractivity contribution in [2.45, 2.75) is 31.5 Å². The van der Waals surface area contributed by atoms with Crippen molar-refractivity contribution in [2.24, 2.45) is 5.73 Å². The summed E-state index contributed by atoms with van der Waals surface area (Å²) >= 11 is 0. The summed E-state index contributed by atoms with van der Waals surface area (Å²) in [5.41, 5.74) is 7.97. The summed E-state index contributed by atoms with van der Waals surface area (Å²) in [5, 5.41) is 1.94. The van der Waals surface area contributed by atoms with Gasteiger partial charge in [0.15, 0.2) is 0 Å². The number of nitrogens with one attached hydrogen (secondary N) is 1. The Labute approximate surface area is 121 Å². The second kappa shape index (κ2) is 6.72. The zero-order chi connectivity index (χ0) is 15.5. The Bertz CT molecular complexity index is 470. The van der Waals surface area contributed by atoms with Crippen LogP contribution in [0.1, 0.15) is 36.4 Å². The van der Waals surface area contributed by atoms with E-state index >= 15 is 0 Å². The maximum atomic E-state index is 13.5. The summed E-state index contributed by atoms with van der Waals surface area (Å²) < 4.78 is 51.7. The van der Waals surface area contributed by atoms with Crippen molar-refractivity contribution >= 4 is 0 Å². The molecule has 7 heteroatoms. The van der Waals surface area contributed by atoms with Gasteiger partial charge >= 0.3 is 6.18 Å². The zero-order valence-corrected chi connectivity index (χ0v) is 11.6. The quantitative estimate of drug-likeness (QED) is 0.841. The van der Waals surface area contributed by atoms with Gasteiger partial charge in [-0.15, -0.1) is 0 Å². The summed E-state index contributed by atoms with van der Waals surface area (Å²) in [6.45, 7) is 1.73. The molecule has 1 unspecified atom stereocenters. The van der Waals surface area contributed by atoms with Gasteiger partial charge in [0.05, 0.1) is 11.6 Å². The Hall–Kier alpha value is -1.18. The predicted octanol–water partition coefficient (Wildman–Crippen LogP) is 2.83. The van der Waals surface area contributed by atoms with Crippen LogP contribution < -0.4 is 11.2 Å². The molecule has 0 amide bonds. The van der Waals surface area contributed by atoms with Crippen LogP contribution in [0.15, 0.2) is 18.2 Å². The van der Waals surface area contributed by atoms with E-state index in [0.717, 1.165) is 44.5 Å². The van der Waals surface area contributed by atoms with Gasteiger partial charge in [-0.25, -0.2) is 14.8 Å². The minimum Gasteiger partial charge on any atom is -0.329 e. The van der Waals surface area contributed by atoms with Crippen LogP contribution in [0.5, 0.6) is 0 Å². The van der Waals surface area contributed by atoms with Gasteiger partial charge in [-0.3, -0.25) is 0 Å². The SMILES string of the molecule is NCC(NN1CCCCC1)c1cc(F)cc(C(F)(F)F)c1. The smallest absolute Gasteiger partial charge is 0.329 e. The molecule has 1 fully saturated rings. The number of hydrazine groups is 1. The third kappa shape index (κ3) is 4.39. The molecule has 1 atom stereocenters. The minimum atomic E-state index is -4.57. The molecule has 0 aliphatic carbocycles. The molecule has 2 rings (SSSR count). The molecule has 1 aromatic rings. The van der Waals surface area contributed by atoms with Crippen LogP contribution in [0.2, 0.25) is 0 Å². The van der Waals surface area contributed by atoms with E-state index in [9.17, 15) is 17.6 Å². The summed E-state index contributed by atoms with van der Waals surface area (Å²) in [6, 6.07) is 2.03. The first-order valence-corrected chi connectivity index (χ1v) is 6.99. The number of rotatable bonds is 4. The number of hydrogen-bond acceptors (Lipinski definition) is 3. The number of alkyl halides is 3. The van der Waals surface area contributed by atoms with E-state index in [4.69, 9.17) is 5.73 Å². The number of benzene rings is 1. The van der Waals surface area contributed by atoms with Crippen molar-refractivity contribution in [3.8, 4) is 0 Å². The van der Waals surface area contributed by atoms with Crippen molar-refractivity contribution < 1.29 is 17.6 Å². The molecule has 0 bridgehead atoms. The van der Waals surface area contributed by atoms with Crippen molar-refractivity contribution in [3.63, 3.8) is 0 Å². The highest BCUT2D eigenvalue weighted by molar-refractivity contribution is 5.29. The third-order valence-corrected chi connectivity index (χ3v) is 3.58. The van der Waals surface area contributed by atoms with Crippen LogP contribution >= 0.6 is 0 Å². The highest BCUT2D eigenvalue weighted by Gasteiger charge is 2.32. The van der Waals surface area contributed by atoms with Crippen molar-refractivity contribution in [2.75, 3.05) is 19.6 Å². The number of halogens is 4. The van der Waals surface area contributed by atoms with E-state index in [-0.39, 0.29) is 12.1 Å². The molecule has 1 aliphatic rings. The zero-order valence-electron chi connectivity index (χ0n) is 11.6. The Morgan fingerprint density at radius 3 is 2.38 bits per heavy atom. The van der Waals surface area contributed by atoms with E-state index < -0.39 is 23.6 Å². The van der Waals surface area contributed by atoms with Crippen LogP contribution in [-0.2, 0) is 6.18 Å². The van der Waals surface area contributed by atoms with E-state index in [1.54, 1.807) is 0 Å². The van der Waals surface area contributed by atoms with E-state index in [2.05, 4.69) is 5.43 Å². The van der Waals surface area contributed by atoms with Crippen LogP contribution in [0.4, 0.5) is 17.6 Å². The largest absolute Gasteiger partial charge is 0.416 e. The lowest BCUT2D eigenvalue weighted by molar-refractivity contribution is -0.137. The van der Waals surface area contributed by atoms with Gasteiger partial charge in [0.25, 0.3) is 0 Å². The van der Waals surface area contributed by atoms with Gasteiger partial charge in [-0.1, -0.05) is 6.42 Å². The topological polar surface area (TPSA) is 41.3 Å². The lowest BCUT2D eigenvalue weighted by atomic mass is 10.0. The van der Waals surface area contributed by atoms with E-state index in [0.29, 0.717) is 6.07 Å². The molecule has 3 nitrogen and oxygen atoms in total. The van der Waals surface area contributed by atoms with Crippen LogP contribution in [-0.4, -0.2) is 24.6 Å². The van der Waals surface area contributed by atoms with Gasteiger partial charge in [-0.05, 0) is 36.6 Å². The maximum absolute atomic E-state index is 13.5. The first-order valence-electron chi connectivity index (χ1n) is 6.99. The highest BCUT2D eigenvalue weighted by Crippen LogP contribution is 2.31. The molecule has 3 N–H and O–H groups in total. The molecule has 1 heterocycles. The first kappa shape index (κ1) is 16.2. The minimum absolute atomic E-state index is 0.0945. The molecule has 0 spiro atoms. The van der Waals surface area contributed by atoms with Crippen molar-refractivity contribution in [3.05, 3.63) is 35.1 Å². The second-order valence-corrected chi connectivity index (χ2v) is 5.24. The van der Waals surface area contributed by atoms with Crippen molar-refractivity contribution in [1.29, 1.82) is 0 Å². The lowest BCUT2D eigenvalue weighted by Crippen LogP contribution is -2.45. The number of nitrogens with two attached hydrogens (primary N) is 1. The Morgan fingerprint density at radius 2 is 1.81 bits per heavy atom. The fourth-order valence-electron chi connectivity index (χ4n) is 2.48. The summed E-state index contributed by atoms with van der Waals surface area (Å²) in [5.74, 6) is -0.904. The molecule has 21 heavy (non-hydrogen) atoms. The Balaban J connectivity index is 2.18. The Kier molecular flexibility index (Phi) is 5.18. The summed E-state index contributed by atoms with van der Waals surface area (Å²) in [7, 11) is 0. The average molecular weight is 305 g/mol. The number of piperidine rings is 1. The van der Waals surface area contributed by atoms with E-state index in [1.807, 2.05) is 5.01 Å². The fourth-order valence-corrected chi connectivity index (χ4v) is 2.48. The molecule has 0 radical (unpaired) electrons. The molecular weight excluding hydrogens is 286 g/mol. The lowest BCUT2D eigenvalue weighted by Gasteiger charge is -2.31. The maximum Gasteiger partial charge on any atom is 0.416 e. The van der Waals surface area contributed by atoms with Crippen LogP contribution in [0, 0.1) is 5.82 Å². The van der Waals surface area contributed by atoms with Gasteiger partial charge in [0.1, 0.15) is 5.82 Å². The first-order chi connectivity index (χ1) is 9.90. The molecule has 118 valence electrons. The molecule has 1 saturated heterocycles. The van der Waals surface area contributed by atoms with E-state index in [1.165, 1.54) is 0 Å². The standard InChI is InChI=1S/C14H19F4N3/c15-12-7-10(6-11(8-12)14(16,17)18)13(9-19)20-21-4-2-1-3-5-21/h6-8,13,20H,1-5,9,19H2.